The van der Waals surface area contributed by atoms with Gasteiger partial charge in [0.15, 0.2) is 0 Å². The van der Waals surface area contributed by atoms with Gasteiger partial charge in [-0.15, -0.1) is 0 Å². The summed E-state index contributed by atoms with van der Waals surface area (Å²) in [5.74, 6) is 0. The van der Waals surface area contributed by atoms with Crippen molar-refractivity contribution in [1.82, 2.24) is 8.58 Å². The lowest BCUT2D eigenvalue weighted by Gasteiger charge is -2.10. The molecule has 1 fully saturated rings. The van der Waals surface area contributed by atoms with Crippen LogP contribution in [0.5, 0.6) is 0 Å². The molecular weight excluding hydrogens is 312 g/mol. The number of aromatic amines is 1. The van der Waals surface area contributed by atoms with Crippen molar-refractivity contribution >= 4 is 16.1 Å². The number of aliphatic hydroxyl groups is 3. The SMILES string of the molecule is O=c1ccn(Br)c(=O)[nH]1.OC[C@H]1OC[C@H](O)[C@@H]1O. The topological polar surface area (TPSA) is 125 Å². The zero-order valence-corrected chi connectivity index (χ0v) is 10.8. The number of H-pyrrole nitrogens is 1. The molecule has 0 aliphatic carbocycles. The second-order valence-corrected chi connectivity index (χ2v) is 4.30. The Morgan fingerprint density at radius 1 is 1.50 bits per heavy atom. The molecule has 0 bridgehead atoms. The van der Waals surface area contributed by atoms with E-state index in [0.717, 1.165) is 3.59 Å². The molecule has 2 heterocycles. The minimum atomic E-state index is -0.921. The van der Waals surface area contributed by atoms with Gasteiger partial charge < -0.3 is 20.1 Å². The Morgan fingerprint density at radius 2 is 2.17 bits per heavy atom. The lowest BCUT2D eigenvalue weighted by Crippen LogP contribution is -2.31. The Bertz CT molecular complexity index is 486. The molecule has 0 spiro atoms. The number of aromatic nitrogens is 2. The first-order valence-corrected chi connectivity index (χ1v) is 5.73. The minimum absolute atomic E-state index is 0.117. The van der Waals surface area contributed by atoms with Crippen LogP contribution in [-0.4, -0.2) is 55.4 Å². The van der Waals surface area contributed by atoms with Gasteiger partial charge in [-0.2, -0.15) is 0 Å². The zero-order valence-electron chi connectivity index (χ0n) is 9.19. The largest absolute Gasteiger partial charge is 0.394 e. The maximum absolute atomic E-state index is 10.5. The van der Waals surface area contributed by atoms with E-state index in [-0.39, 0.29) is 13.2 Å². The summed E-state index contributed by atoms with van der Waals surface area (Å²) in [7, 11) is 0. The smallest absolute Gasteiger partial charge is 0.338 e. The number of nitrogens with one attached hydrogen (secondary N) is 1. The molecular formula is C9H13BrN2O6. The highest BCUT2D eigenvalue weighted by atomic mass is 79.9. The third-order valence-electron chi connectivity index (χ3n) is 2.22. The number of rotatable bonds is 1. The van der Waals surface area contributed by atoms with Gasteiger partial charge in [-0.05, 0) is 0 Å². The molecule has 0 saturated carbocycles. The number of nitrogens with zero attached hydrogens (tertiary/aromatic N) is 1. The van der Waals surface area contributed by atoms with Crippen LogP contribution in [0.15, 0.2) is 21.9 Å². The van der Waals surface area contributed by atoms with Crippen molar-refractivity contribution in [3.8, 4) is 0 Å². The van der Waals surface area contributed by atoms with Gasteiger partial charge >= 0.3 is 5.69 Å². The molecule has 2 rings (SSSR count). The molecule has 1 aliphatic rings. The standard InChI is InChI=1S/C5H10O4.C4H3BrN2O2/c6-1-4-5(8)3(7)2-9-4;5-7-2-1-3(8)6-4(7)9/h3-8H,1-2H2;1-2H,(H,6,8,9)/t3-,4+,5-;/m0./s1. The number of aliphatic hydroxyl groups excluding tert-OH is 3. The van der Waals surface area contributed by atoms with E-state index >= 15 is 0 Å². The molecule has 18 heavy (non-hydrogen) atoms. The van der Waals surface area contributed by atoms with Gasteiger partial charge in [0.05, 0.1) is 29.4 Å². The molecule has 1 saturated heterocycles. The van der Waals surface area contributed by atoms with Gasteiger partial charge in [-0.25, -0.2) is 8.39 Å². The molecule has 8 nitrogen and oxygen atoms in total. The van der Waals surface area contributed by atoms with Crippen LogP contribution in [0.25, 0.3) is 0 Å². The van der Waals surface area contributed by atoms with Gasteiger partial charge in [0.1, 0.15) is 18.3 Å². The number of hydrogen-bond donors (Lipinski definition) is 4. The summed E-state index contributed by atoms with van der Waals surface area (Å²) >= 11 is 2.86. The summed E-state index contributed by atoms with van der Waals surface area (Å²) in [4.78, 5) is 22.9. The summed E-state index contributed by atoms with van der Waals surface area (Å²) in [6.45, 7) is -0.120. The molecule has 9 heteroatoms. The average molecular weight is 325 g/mol. The number of ether oxygens (including phenoxy) is 1. The summed E-state index contributed by atoms with van der Waals surface area (Å²) < 4.78 is 5.88. The van der Waals surface area contributed by atoms with Crippen LogP contribution in [-0.2, 0) is 4.74 Å². The molecule has 0 unspecified atom stereocenters. The summed E-state index contributed by atoms with van der Waals surface area (Å²) in [6, 6.07) is 1.25. The lowest BCUT2D eigenvalue weighted by atomic mass is 10.2. The molecule has 1 aliphatic heterocycles. The second kappa shape index (κ2) is 6.81. The highest BCUT2D eigenvalue weighted by Crippen LogP contribution is 2.12. The lowest BCUT2D eigenvalue weighted by molar-refractivity contribution is -0.00588. The second-order valence-electron chi connectivity index (χ2n) is 3.53. The molecule has 102 valence electrons. The third kappa shape index (κ3) is 4.03. The van der Waals surface area contributed by atoms with Gasteiger partial charge in [0.2, 0.25) is 0 Å². The summed E-state index contributed by atoms with van der Waals surface area (Å²) in [5, 5.41) is 26.2. The van der Waals surface area contributed by atoms with Gasteiger partial charge in [-0.3, -0.25) is 9.78 Å². The van der Waals surface area contributed by atoms with Crippen molar-refractivity contribution in [2.45, 2.75) is 18.3 Å². The molecule has 1 aromatic heterocycles. The van der Waals surface area contributed by atoms with E-state index in [1.165, 1.54) is 12.3 Å². The maximum Gasteiger partial charge on any atom is 0.338 e. The van der Waals surface area contributed by atoms with Crippen LogP contribution in [0, 0.1) is 0 Å². The molecule has 4 N–H and O–H groups in total. The fourth-order valence-corrected chi connectivity index (χ4v) is 1.44. The van der Waals surface area contributed by atoms with Crippen LogP contribution in [0.3, 0.4) is 0 Å². The van der Waals surface area contributed by atoms with Crippen LogP contribution < -0.4 is 11.2 Å². The van der Waals surface area contributed by atoms with Crippen molar-refractivity contribution in [3.63, 3.8) is 0 Å². The summed E-state index contributed by atoms with van der Waals surface area (Å²) in [6.07, 6.45) is -1.02. The Labute approximate surface area is 110 Å². The van der Waals surface area contributed by atoms with Crippen molar-refractivity contribution in [2.75, 3.05) is 13.2 Å². The van der Waals surface area contributed by atoms with E-state index in [2.05, 4.69) is 16.1 Å². The van der Waals surface area contributed by atoms with Crippen molar-refractivity contribution in [2.24, 2.45) is 0 Å². The number of halogens is 1. The minimum Gasteiger partial charge on any atom is -0.394 e. The van der Waals surface area contributed by atoms with Crippen molar-refractivity contribution in [1.29, 1.82) is 0 Å². The Morgan fingerprint density at radius 3 is 2.50 bits per heavy atom. The predicted octanol–water partition coefficient (Wildman–Crippen LogP) is -2.21. The highest BCUT2D eigenvalue weighted by Gasteiger charge is 2.33. The van der Waals surface area contributed by atoms with Crippen LogP contribution in [0.4, 0.5) is 0 Å². The predicted molar refractivity (Wildman–Crippen MR) is 64.5 cm³/mol. The fourth-order valence-electron chi connectivity index (χ4n) is 1.23. The third-order valence-corrected chi connectivity index (χ3v) is 2.78. The van der Waals surface area contributed by atoms with Crippen LogP contribution in [0.1, 0.15) is 0 Å². The first-order chi connectivity index (χ1) is 8.45. The monoisotopic (exact) mass is 324 g/mol. The summed E-state index contributed by atoms with van der Waals surface area (Å²) in [5.41, 5.74) is -0.863. The van der Waals surface area contributed by atoms with Crippen LogP contribution in [0.2, 0.25) is 0 Å². The number of hydrogen-bond acceptors (Lipinski definition) is 6. The Balaban J connectivity index is 0.000000180. The first kappa shape index (κ1) is 15.1. The molecule has 0 amide bonds. The van der Waals surface area contributed by atoms with E-state index < -0.39 is 29.6 Å². The van der Waals surface area contributed by atoms with Gasteiger partial charge in [0, 0.05) is 12.3 Å². The van der Waals surface area contributed by atoms with Crippen molar-refractivity contribution in [3.05, 3.63) is 33.1 Å². The van der Waals surface area contributed by atoms with E-state index in [9.17, 15) is 9.59 Å². The molecule has 3 atom stereocenters. The van der Waals surface area contributed by atoms with Gasteiger partial charge in [-0.1, -0.05) is 0 Å². The van der Waals surface area contributed by atoms with E-state index in [4.69, 9.17) is 20.1 Å². The highest BCUT2D eigenvalue weighted by molar-refractivity contribution is 9.08. The Kier molecular flexibility index (Phi) is 5.69. The zero-order chi connectivity index (χ0) is 13.7. The van der Waals surface area contributed by atoms with Crippen LogP contribution >= 0.6 is 16.1 Å². The van der Waals surface area contributed by atoms with Gasteiger partial charge in [0.25, 0.3) is 5.56 Å². The van der Waals surface area contributed by atoms with E-state index in [0.29, 0.717) is 0 Å². The van der Waals surface area contributed by atoms with E-state index in [1.807, 2.05) is 4.98 Å². The molecule has 1 aromatic rings. The Hall–Kier alpha value is -1.00. The quantitative estimate of drug-likeness (QED) is 0.464. The van der Waals surface area contributed by atoms with E-state index in [1.54, 1.807) is 0 Å². The first-order valence-electron chi connectivity index (χ1n) is 5.02. The normalized spacial score (nSPS) is 26.6. The van der Waals surface area contributed by atoms with Crippen molar-refractivity contribution < 1.29 is 20.1 Å². The average Bonchev–Trinajstić information content (AvgIpc) is 2.66. The fraction of sp³-hybridized carbons (Fsp3) is 0.556. The molecule has 0 radical (unpaired) electrons. The maximum atomic E-state index is 10.5. The molecule has 0 aromatic carbocycles.